The van der Waals surface area contributed by atoms with Gasteiger partial charge in [0.2, 0.25) is 0 Å². The van der Waals surface area contributed by atoms with Gasteiger partial charge in [0.15, 0.2) is 0 Å². The van der Waals surface area contributed by atoms with Crippen LogP contribution in [-0.2, 0) is 6.42 Å². The Kier molecular flexibility index (Phi) is 3.17. The molecule has 2 N–H and O–H groups in total. The number of benzene rings is 2. The van der Waals surface area contributed by atoms with Gasteiger partial charge in [0, 0.05) is 53.0 Å². The molecule has 0 aliphatic rings. The second kappa shape index (κ2) is 5.64. The zero-order valence-electron chi connectivity index (χ0n) is 13.7. The number of nitrogens with zero attached hydrogens (tertiary/aromatic N) is 1. The third-order valence-corrected chi connectivity index (χ3v) is 4.84. The molecule has 0 bridgehead atoms. The molecule has 0 aliphatic heterocycles. The smallest absolute Gasteiger partial charge is 0.0457 e. The number of hydrogen-bond donors (Lipinski definition) is 2. The van der Waals surface area contributed by atoms with Crippen molar-refractivity contribution in [1.29, 1.82) is 0 Å². The van der Waals surface area contributed by atoms with Crippen LogP contribution in [0.2, 0.25) is 0 Å². The summed E-state index contributed by atoms with van der Waals surface area (Å²) in [5.74, 6) is 0. The number of pyridine rings is 1. The van der Waals surface area contributed by atoms with E-state index < -0.39 is 0 Å². The van der Waals surface area contributed by atoms with E-state index in [2.05, 4.69) is 69.8 Å². The molecule has 2 aromatic carbocycles. The summed E-state index contributed by atoms with van der Waals surface area (Å²) < 4.78 is 0. The van der Waals surface area contributed by atoms with Gasteiger partial charge in [0.1, 0.15) is 0 Å². The van der Waals surface area contributed by atoms with Crippen LogP contribution in [0.5, 0.6) is 0 Å². The van der Waals surface area contributed by atoms with Crippen molar-refractivity contribution in [1.82, 2.24) is 15.0 Å². The van der Waals surface area contributed by atoms with Crippen molar-refractivity contribution in [3.63, 3.8) is 0 Å². The Bertz CT molecular complexity index is 1170. The fraction of sp³-hybridized carbons (Fsp3) is 0.0455. The number of nitrogens with one attached hydrogen (secondary N) is 2. The number of fused-ring (bicyclic) bond motifs is 2. The van der Waals surface area contributed by atoms with Gasteiger partial charge in [-0.1, -0.05) is 24.3 Å². The van der Waals surface area contributed by atoms with Gasteiger partial charge in [0.25, 0.3) is 0 Å². The monoisotopic (exact) mass is 323 g/mol. The normalized spacial score (nSPS) is 11.4. The van der Waals surface area contributed by atoms with Crippen LogP contribution < -0.4 is 0 Å². The Balaban J connectivity index is 1.59. The van der Waals surface area contributed by atoms with Gasteiger partial charge < -0.3 is 9.97 Å². The molecule has 0 unspecified atom stereocenters. The number of aromatic amines is 2. The van der Waals surface area contributed by atoms with Crippen molar-refractivity contribution in [3.05, 3.63) is 90.5 Å². The first-order valence-electron chi connectivity index (χ1n) is 8.44. The molecule has 3 heterocycles. The highest BCUT2D eigenvalue weighted by Crippen LogP contribution is 2.29. The second-order valence-corrected chi connectivity index (χ2v) is 6.35. The molecule has 5 aromatic rings. The fourth-order valence-electron chi connectivity index (χ4n) is 3.53. The van der Waals surface area contributed by atoms with Gasteiger partial charge in [-0.2, -0.15) is 0 Å². The molecule has 3 heteroatoms. The summed E-state index contributed by atoms with van der Waals surface area (Å²) in [6.07, 6.45) is 8.83. The van der Waals surface area contributed by atoms with E-state index in [1.54, 1.807) is 0 Å². The average Bonchev–Trinajstić information content (AvgIpc) is 3.27. The molecule has 0 aliphatic carbocycles. The van der Waals surface area contributed by atoms with Crippen LogP contribution in [0.4, 0.5) is 0 Å². The molecule has 0 spiro atoms. The molecule has 3 aromatic heterocycles. The van der Waals surface area contributed by atoms with Crippen LogP contribution in [0.1, 0.15) is 11.1 Å². The summed E-state index contributed by atoms with van der Waals surface area (Å²) in [5, 5.41) is 2.57. The summed E-state index contributed by atoms with van der Waals surface area (Å²) in [5.41, 5.74) is 7.41. The molecule has 0 saturated carbocycles. The van der Waals surface area contributed by atoms with Gasteiger partial charge >= 0.3 is 0 Å². The van der Waals surface area contributed by atoms with Crippen molar-refractivity contribution < 1.29 is 0 Å². The highest BCUT2D eigenvalue weighted by Gasteiger charge is 2.09. The number of hydrogen-bond acceptors (Lipinski definition) is 1. The average molecular weight is 323 g/mol. The van der Waals surface area contributed by atoms with Gasteiger partial charge in [0.05, 0.1) is 0 Å². The summed E-state index contributed by atoms with van der Waals surface area (Å²) >= 11 is 0. The zero-order chi connectivity index (χ0) is 16.6. The van der Waals surface area contributed by atoms with Gasteiger partial charge in [-0.3, -0.25) is 4.98 Å². The lowest BCUT2D eigenvalue weighted by Gasteiger charge is -2.03. The van der Waals surface area contributed by atoms with Crippen molar-refractivity contribution in [2.24, 2.45) is 0 Å². The Morgan fingerprint density at radius 2 is 1.40 bits per heavy atom. The van der Waals surface area contributed by atoms with Crippen molar-refractivity contribution in [3.8, 4) is 11.1 Å². The van der Waals surface area contributed by atoms with Crippen LogP contribution in [0, 0.1) is 0 Å². The number of aromatic nitrogens is 3. The molecule has 25 heavy (non-hydrogen) atoms. The van der Waals surface area contributed by atoms with Crippen LogP contribution in [-0.4, -0.2) is 15.0 Å². The lowest BCUT2D eigenvalue weighted by atomic mass is 10.00. The minimum atomic E-state index is 0.907. The zero-order valence-corrected chi connectivity index (χ0v) is 13.7. The van der Waals surface area contributed by atoms with E-state index in [1.807, 2.05) is 24.5 Å². The molecule has 0 amide bonds. The molecule has 5 rings (SSSR count). The van der Waals surface area contributed by atoms with Gasteiger partial charge in [-0.15, -0.1) is 0 Å². The largest absolute Gasteiger partial charge is 0.361 e. The standard InChI is InChI=1S/C22H17N3/c1-2-4-21-19(3-1)17(13-24-21)11-18-14-25-22-6-5-16(12-20(18)22)15-7-9-23-10-8-15/h1-10,12-14,24-25H,11H2. The van der Waals surface area contributed by atoms with E-state index in [0.29, 0.717) is 0 Å². The molecule has 0 saturated heterocycles. The third-order valence-electron chi connectivity index (χ3n) is 4.84. The van der Waals surface area contributed by atoms with E-state index in [0.717, 1.165) is 6.42 Å². The summed E-state index contributed by atoms with van der Waals surface area (Å²) in [7, 11) is 0. The predicted octanol–water partition coefficient (Wildman–Crippen LogP) is 5.30. The first kappa shape index (κ1) is 14.1. The SMILES string of the molecule is c1ccc2c(Cc3c[nH]c4ccc(-c5ccncc5)cc34)c[nH]c2c1. The second-order valence-electron chi connectivity index (χ2n) is 6.35. The molecule has 0 fully saturated rings. The first-order chi connectivity index (χ1) is 12.4. The van der Waals surface area contributed by atoms with E-state index >= 15 is 0 Å². The Morgan fingerprint density at radius 1 is 0.680 bits per heavy atom. The molecule has 120 valence electrons. The Labute approximate surface area is 145 Å². The van der Waals surface area contributed by atoms with E-state index in [9.17, 15) is 0 Å². The molecule has 0 atom stereocenters. The maximum absolute atomic E-state index is 4.11. The summed E-state index contributed by atoms with van der Waals surface area (Å²) in [6.45, 7) is 0. The van der Waals surface area contributed by atoms with Crippen LogP contribution in [0.15, 0.2) is 79.4 Å². The number of H-pyrrole nitrogens is 2. The number of para-hydroxylation sites is 1. The maximum Gasteiger partial charge on any atom is 0.0457 e. The fourth-order valence-corrected chi connectivity index (χ4v) is 3.53. The highest BCUT2D eigenvalue weighted by molar-refractivity contribution is 5.89. The lowest BCUT2D eigenvalue weighted by Crippen LogP contribution is -1.85. The summed E-state index contributed by atoms with van der Waals surface area (Å²) in [6, 6.07) is 19.1. The molecular formula is C22H17N3. The Hall–Kier alpha value is -3.33. The van der Waals surface area contributed by atoms with E-state index in [-0.39, 0.29) is 0 Å². The minimum absolute atomic E-state index is 0.907. The minimum Gasteiger partial charge on any atom is -0.361 e. The lowest BCUT2D eigenvalue weighted by molar-refractivity contribution is 1.22. The van der Waals surface area contributed by atoms with Crippen molar-refractivity contribution >= 4 is 21.8 Å². The molecule has 3 nitrogen and oxygen atoms in total. The van der Waals surface area contributed by atoms with Gasteiger partial charge in [-0.05, 0) is 52.6 Å². The summed E-state index contributed by atoms with van der Waals surface area (Å²) in [4.78, 5) is 10.9. The van der Waals surface area contributed by atoms with Crippen molar-refractivity contribution in [2.75, 3.05) is 0 Å². The van der Waals surface area contributed by atoms with Gasteiger partial charge in [-0.25, -0.2) is 0 Å². The molecule has 0 radical (unpaired) electrons. The number of rotatable bonds is 3. The molecular weight excluding hydrogens is 306 g/mol. The topological polar surface area (TPSA) is 44.5 Å². The predicted molar refractivity (Wildman–Crippen MR) is 103 cm³/mol. The van der Waals surface area contributed by atoms with E-state index in [1.165, 1.54) is 44.1 Å². The maximum atomic E-state index is 4.11. The van der Waals surface area contributed by atoms with Crippen LogP contribution in [0.3, 0.4) is 0 Å². The Morgan fingerprint density at radius 3 is 2.24 bits per heavy atom. The van der Waals surface area contributed by atoms with Crippen molar-refractivity contribution in [2.45, 2.75) is 6.42 Å². The first-order valence-corrected chi connectivity index (χ1v) is 8.44. The van der Waals surface area contributed by atoms with Crippen LogP contribution >= 0.6 is 0 Å². The van der Waals surface area contributed by atoms with Crippen LogP contribution in [0.25, 0.3) is 32.9 Å². The highest BCUT2D eigenvalue weighted by atomic mass is 14.7. The quantitative estimate of drug-likeness (QED) is 0.465. The third kappa shape index (κ3) is 2.41. The van der Waals surface area contributed by atoms with E-state index in [4.69, 9.17) is 0 Å².